The Morgan fingerprint density at radius 1 is 1.12 bits per heavy atom. The maximum atomic E-state index is 5.75. The molecule has 0 aliphatic rings. The lowest BCUT2D eigenvalue weighted by Gasteiger charge is -2.11. The second-order valence-electron chi connectivity index (χ2n) is 3.33. The van der Waals surface area contributed by atoms with E-state index >= 15 is 0 Å². The van der Waals surface area contributed by atoms with Crippen LogP contribution in [-0.4, -0.2) is 17.1 Å². The number of rotatable bonds is 3. The molecule has 0 aliphatic heterocycles. The number of para-hydroxylation sites is 1. The van der Waals surface area contributed by atoms with E-state index in [1.54, 1.807) is 6.92 Å². The van der Waals surface area contributed by atoms with Crippen LogP contribution in [0.15, 0.2) is 30.3 Å². The molecule has 2 rings (SSSR count). The van der Waals surface area contributed by atoms with Crippen molar-refractivity contribution >= 4 is 11.6 Å². The summed E-state index contributed by atoms with van der Waals surface area (Å²) in [5.74, 6) is 1.49. The first-order valence-electron chi connectivity index (χ1n) is 5.01. The number of methoxy groups -OCH3 is 1. The molecular formula is C12H11ClN2O2. The summed E-state index contributed by atoms with van der Waals surface area (Å²) in [5.41, 5.74) is 0.630. The van der Waals surface area contributed by atoms with E-state index in [1.165, 1.54) is 7.11 Å². The van der Waals surface area contributed by atoms with Crippen LogP contribution in [0.5, 0.6) is 17.4 Å². The van der Waals surface area contributed by atoms with Crippen LogP contribution in [0.25, 0.3) is 0 Å². The average molecular weight is 251 g/mol. The topological polar surface area (TPSA) is 44.2 Å². The summed E-state index contributed by atoms with van der Waals surface area (Å²) >= 11 is 5.75. The van der Waals surface area contributed by atoms with Crippen LogP contribution in [0.1, 0.15) is 5.69 Å². The standard InChI is InChI=1S/C12H11ClN2O2/c1-8-10(11(16-2)15-12(13)14-8)17-9-6-4-3-5-7-9/h3-7H,1-2H3. The van der Waals surface area contributed by atoms with Crippen molar-refractivity contribution < 1.29 is 9.47 Å². The number of halogens is 1. The van der Waals surface area contributed by atoms with Crippen molar-refractivity contribution in [3.63, 3.8) is 0 Å². The first-order chi connectivity index (χ1) is 8.20. The van der Waals surface area contributed by atoms with E-state index < -0.39 is 0 Å². The summed E-state index contributed by atoms with van der Waals surface area (Å²) in [4.78, 5) is 7.98. The fraction of sp³-hybridized carbons (Fsp3) is 0.167. The largest absolute Gasteiger partial charge is 0.478 e. The Bertz CT molecular complexity index is 517. The number of nitrogens with zero attached hydrogens (tertiary/aromatic N) is 2. The molecule has 0 fully saturated rings. The SMILES string of the molecule is COc1nc(Cl)nc(C)c1Oc1ccccc1. The lowest BCUT2D eigenvalue weighted by molar-refractivity contribution is 0.360. The molecule has 0 unspecified atom stereocenters. The third-order valence-corrected chi connectivity index (χ3v) is 2.30. The Morgan fingerprint density at radius 2 is 1.82 bits per heavy atom. The number of aryl methyl sites for hydroxylation is 1. The molecule has 2 aromatic rings. The number of aromatic nitrogens is 2. The maximum absolute atomic E-state index is 5.75. The van der Waals surface area contributed by atoms with Gasteiger partial charge in [-0.15, -0.1) is 0 Å². The summed E-state index contributed by atoms with van der Waals surface area (Å²) in [7, 11) is 1.51. The van der Waals surface area contributed by atoms with E-state index in [9.17, 15) is 0 Å². The lowest BCUT2D eigenvalue weighted by atomic mass is 10.3. The smallest absolute Gasteiger partial charge is 0.262 e. The number of benzene rings is 1. The van der Waals surface area contributed by atoms with Crippen LogP contribution in [0, 0.1) is 6.92 Å². The van der Waals surface area contributed by atoms with Crippen LogP contribution < -0.4 is 9.47 Å². The van der Waals surface area contributed by atoms with Gasteiger partial charge in [0.1, 0.15) is 5.75 Å². The Kier molecular flexibility index (Phi) is 3.44. The van der Waals surface area contributed by atoms with Gasteiger partial charge in [0.05, 0.1) is 12.8 Å². The van der Waals surface area contributed by atoms with Crippen LogP contribution in [0.2, 0.25) is 5.28 Å². The Balaban J connectivity index is 2.38. The van der Waals surface area contributed by atoms with Crippen molar-refractivity contribution in [3.8, 4) is 17.4 Å². The zero-order valence-electron chi connectivity index (χ0n) is 9.48. The highest BCUT2D eigenvalue weighted by Gasteiger charge is 2.13. The third-order valence-electron chi connectivity index (χ3n) is 2.13. The molecule has 0 bridgehead atoms. The molecule has 17 heavy (non-hydrogen) atoms. The molecule has 0 saturated carbocycles. The van der Waals surface area contributed by atoms with Gasteiger partial charge in [-0.05, 0) is 30.7 Å². The zero-order chi connectivity index (χ0) is 12.3. The first-order valence-corrected chi connectivity index (χ1v) is 5.39. The van der Waals surface area contributed by atoms with Crippen molar-refractivity contribution in [2.45, 2.75) is 6.92 Å². The van der Waals surface area contributed by atoms with Gasteiger partial charge in [-0.3, -0.25) is 0 Å². The second kappa shape index (κ2) is 5.01. The van der Waals surface area contributed by atoms with E-state index in [1.807, 2.05) is 30.3 Å². The second-order valence-corrected chi connectivity index (χ2v) is 3.67. The molecule has 0 atom stereocenters. The summed E-state index contributed by atoms with van der Waals surface area (Å²) in [6.45, 7) is 1.79. The van der Waals surface area contributed by atoms with E-state index in [0.717, 1.165) is 0 Å². The molecule has 0 aliphatic carbocycles. The minimum Gasteiger partial charge on any atom is -0.478 e. The highest BCUT2D eigenvalue weighted by Crippen LogP contribution is 2.32. The summed E-state index contributed by atoms with van der Waals surface area (Å²) in [5, 5.41) is 0.139. The van der Waals surface area contributed by atoms with E-state index in [2.05, 4.69) is 9.97 Å². The summed E-state index contributed by atoms with van der Waals surface area (Å²) < 4.78 is 10.8. The van der Waals surface area contributed by atoms with Crippen LogP contribution in [0.4, 0.5) is 0 Å². The first kappa shape index (κ1) is 11.7. The number of hydrogen-bond acceptors (Lipinski definition) is 4. The Morgan fingerprint density at radius 3 is 2.47 bits per heavy atom. The van der Waals surface area contributed by atoms with Crippen molar-refractivity contribution in [2.75, 3.05) is 7.11 Å². The Labute approximate surface area is 104 Å². The minimum atomic E-state index is 0.139. The predicted molar refractivity (Wildman–Crippen MR) is 64.8 cm³/mol. The predicted octanol–water partition coefficient (Wildman–Crippen LogP) is 3.24. The van der Waals surface area contributed by atoms with E-state index in [4.69, 9.17) is 21.1 Å². The maximum Gasteiger partial charge on any atom is 0.262 e. The molecule has 0 N–H and O–H groups in total. The fourth-order valence-corrected chi connectivity index (χ4v) is 1.57. The molecule has 0 spiro atoms. The molecule has 5 heteroatoms. The van der Waals surface area contributed by atoms with Crippen molar-refractivity contribution in [1.29, 1.82) is 0 Å². The normalized spacial score (nSPS) is 10.1. The van der Waals surface area contributed by atoms with Gasteiger partial charge >= 0.3 is 0 Å². The average Bonchev–Trinajstić information content (AvgIpc) is 2.33. The van der Waals surface area contributed by atoms with Gasteiger partial charge in [-0.25, -0.2) is 4.98 Å². The highest BCUT2D eigenvalue weighted by atomic mass is 35.5. The van der Waals surface area contributed by atoms with Crippen molar-refractivity contribution in [1.82, 2.24) is 9.97 Å². The molecule has 1 heterocycles. The molecule has 0 amide bonds. The van der Waals surface area contributed by atoms with E-state index in [0.29, 0.717) is 23.1 Å². The minimum absolute atomic E-state index is 0.139. The van der Waals surface area contributed by atoms with Crippen LogP contribution in [0.3, 0.4) is 0 Å². The van der Waals surface area contributed by atoms with Crippen LogP contribution >= 0.6 is 11.6 Å². The zero-order valence-corrected chi connectivity index (χ0v) is 10.2. The lowest BCUT2D eigenvalue weighted by Crippen LogP contribution is -1.98. The van der Waals surface area contributed by atoms with E-state index in [-0.39, 0.29) is 5.28 Å². The summed E-state index contributed by atoms with van der Waals surface area (Å²) in [6.07, 6.45) is 0. The third kappa shape index (κ3) is 2.65. The molecule has 88 valence electrons. The van der Waals surface area contributed by atoms with Gasteiger partial charge in [0, 0.05) is 0 Å². The Hall–Kier alpha value is -1.81. The monoisotopic (exact) mass is 250 g/mol. The van der Waals surface area contributed by atoms with Crippen molar-refractivity contribution in [2.24, 2.45) is 0 Å². The molecule has 0 radical (unpaired) electrons. The van der Waals surface area contributed by atoms with Crippen molar-refractivity contribution in [3.05, 3.63) is 41.3 Å². The summed E-state index contributed by atoms with van der Waals surface area (Å²) in [6, 6.07) is 9.36. The molecule has 0 saturated heterocycles. The van der Waals surface area contributed by atoms with Gasteiger partial charge in [-0.2, -0.15) is 4.98 Å². The van der Waals surface area contributed by atoms with Gasteiger partial charge < -0.3 is 9.47 Å². The molecule has 4 nitrogen and oxygen atoms in total. The molecule has 1 aromatic heterocycles. The van der Waals surface area contributed by atoms with Crippen LogP contribution in [-0.2, 0) is 0 Å². The number of ether oxygens (including phenoxy) is 2. The van der Waals surface area contributed by atoms with Gasteiger partial charge in [0.15, 0.2) is 0 Å². The molecule has 1 aromatic carbocycles. The van der Waals surface area contributed by atoms with Gasteiger partial charge in [0.25, 0.3) is 5.88 Å². The van der Waals surface area contributed by atoms with Gasteiger partial charge in [-0.1, -0.05) is 18.2 Å². The van der Waals surface area contributed by atoms with Gasteiger partial charge in [0.2, 0.25) is 11.0 Å². The number of hydrogen-bond donors (Lipinski definition) is 0. The fourth-order valence-electron chi connectivity index (χ4n) is 1.37. The highest BCUT2D eigenvalue weighted by molar-refractivity contribution is 6.28. The quantitative estimate of drug-likeness (QED) is 0.785. The molecular weight excluding hydrogens is 240 g/mol.